The van der Waals surface area contributed by atoms with Crippen molar-refractivity contribution >= 4 is 28.6 Å². The topological polar surface area (TPSA) is 80.8 Å². The number of aromatic nitrogens is 1. The van der Waals surface area contributed by atoms with E-state index in [0.717, 1.165) is 21.5 Å². The van der Waals surface area contributed by atoms with Crippen LogP contribution < -0.4 is 0 Å². The van der Waals surface area contributed by atoms with Gasteiger partial charge in [-0.15, -0.1) is 0 Å². The molecule has 0 unspecified atom stereocenters. The molecule has 6 heteroatoms. The van der Waals surface area contributed by atoms with Crippen LogP contribution in [0.15, 0.2) is 35.4 Å². The van der Waals surface area contributed by atoms with E-state index in [1.807, 2.05) is 49.4 Å². The van der Waals surface area contributed by atoms with Gasteiger partial charge >= 0.3 is 0 Å². The van der Waals surface area contributed by atoms with Crippen LogP contribution in [-0.2, 0) is 4.79 Å². The number of carbonyl (C=O) groups is 1. The van der Waals surface area contributed by atoms with Crippen molar-refractivity contribution in [3.8, 4) is 12.1 Å². The van der Waals surface area contributed by atoms with E-state index >= 15 is 0 Å². The highest BCUT2D eigenvalue weighted by Gasteiger charge is 2.14. The molecule has 0 aliphatic rings. The molecule has 1 aromatic carbocycles. The maximum Gasteiger partial charge on any atom is 0.233 e. The minimum absolute atomic E-state index is 0.0712. The summed E-state index contributed by atoms with van der Waals surface area (Å²) in [6.07, 6.45) is 0.546. The lowest BCUT2D eigenvalue weighted by atomic mass is 10.1. The Bertz CT molecular complexity index is 789. The molecule has 0 aliphatic carbocycles. The summed E-state index contributed by atoms with van der Waals surface area (Å²) in [5, 5.41) is 19.3. The lowest BCUT2D eigenvalue weighted by Gasteiger charge is -2.20. The summed E-state index contributed by atoms with van der Waals surface area (Å²) in [4.78, 5) is 18.5. The van der Waals surface area contributed by atoms with Crippen LogP contribution >= 0.6 is 11.8 Å². The smallest absolute Gasteiger partial charge is 0.233 e. The van der Waals surface area contributed by atoms with E-state index in [-0.39, 0.29) is 24.5 Å². The predicted octanol–water partition coefficient (Wildman–Crippen LogP) is 3.29. The van der Waals surface area contributed by atoms with Crippen molar-refractivity contribution < 1.29 is 4.79 Å². The molecule has 0 radical (unpaired) electrons. The Labute approximate surface area is 145 Å². The monoisotopic (exact) mass is 338 g/mol. The van der Waals surface area contributed by atoms with Gasteiger partial charge in [0, 0.05) is 18.5 Å². The van der Waals surface area contributed by atoms with Gasteiger partial charge in [0.1, 0.15) is 0 Å². The third kappa shape index (κ3) is 4.71. The van der Waals surface area contributed by atoms with E-state index < -0.39 is 0 Å². The van der Waals surface area contributed by atoms with E-state index in [0.29, 0.717) is 13.1 Å². The van der Waals surface area contributed by atoms with Crippen LogP contribution in [-0.4, -0.2) is 34.6 Å². The Hall–Kier alpha value is -2.57. The van der Waals surface area contributed by atoms with Crippen LogP contribution in [0.3, 0.4) is 0 Å². The van der Waals surface area contributed by atoms with Gasteiger partial charge in [-0.25, -0.2) is 4.98 Å². The molecule has 0 bridgehead atoms. The van der Waals surface area contributed by atoms with Gasteiger partial charge in [-0.1, -0.05) is 30.0 Å². The molecule has 2 aromatic rings. The van der Waals surface area contributed by atoms with E-state index in [4.69, 9.17) is 10.5 Å². The first-order valence-electron chi connectivity index (χ1n) is 7.66. The maximum absolute atomic E-state index is 12.3. The Kier molecular flexibility index (Phi) is 6.60. The van der Waals surface area contributed by atoms with Gasteiger partial charge in [0.25, 0.3) is 0 Å². The number of nitriles is 2. The number of thioether (sulfide) groups is 1. The first-order valence-corrected chi connectivity index (χ1v) is 8.65. The minimum Gasteiger partial charge on any atom is -0.340 e. The average Bonchev–Trinajstić information content (AvgIpc) is 2.60. The van der Waals surface area contributed by atoms with E-state index in [1.54, 1.807) is 4.90 Å². The Morgan fingerprint density at radius 1 is 1.21 bits per heavy atom. The molecular weight excluding hydrogens is 320 g/mol. The zero-order valence-electron chi connectivity index (χ0n) is 13.5. The minimum atomic E-state index is -0.0712. The molecule has 0 atom stereocenters. The number of aryl methyl sites for hydroxylation is 1. The largest absolute Gasteiger partial charge is 0.340 e. The fourth-order valence-corrected chi connectivity index (χ4v) is 3.23. The van der Waals surface area contributed by atoms with Gasteiger partial charge in [-0.2, -0.15) is 10.5 Å². The highest BCUT2D eigenvalue weighted by molar-refractivity contribution is 7.99. The van der Waals surface area contributed by atoms with E-state index in [9.17, 15) is 4.79 Å². The molecule has 1 aromatic heterocycles. The van der Waals surface area contributed by atoms with Crippen LogP contribution in [0.5, 0.6) is 0 Å². The molecule has 24 heavy (non-hydrogen) atoms. The number of benzene rings is 1. The van der Waals surface area contributed by atoms with Gasteiger partial charge in [0.05, 0.1) is 41.3 Å². The van der Waals surface area contributed by atoms with Gasteiger partial charge < -0.3 is 4.90 Å². The molecule has 5 nitrogen and oxygen atoms in total. The molecule has 2 rings (SSSR count). The van der Waals surface area contributed by atoms with Crippen molar-refractivity contribution in [2.45, 2.75) is 24.8 Å². The summed E-state index contributed by atoms with van der Waals surface area (Å²) >= 11 is 1.38. The number of rotatable bonds is 7. The lowest BCUT2D eigenvalue weighted by Crippen LogP contribution is -2.34. The summed E-state index contributed by atoms with van der Waals surface area (Å²) in [5.41, 5.74) is 2.04. The summed E-state index contributed by atoms with van der Waals surface area (Å²) in [7, 11) is 0. The second kappa shape index (κ2) is 8.90. The van der Waals surface area contributed by atoms with Crippen molar-refractivity contribution in [1.82, 2.24) is 9.88 Å². The fraction of sp³-hybridized carbons (Fsp3) is 0.333. The van der Waals surface area contributed by atoms with E-state index in [2.05, 4.69) is 4.98 Å². The number of nitrogens with zero attached hydrogens (tertiary/aromatic N) is 4. The number of fused-ring (bicyclic) bond motifs is 1. The quantitative estimate of drug-likeness (QED) is 0.724. The van der Waals surface area contributed by atoms with Crippen LogP contribution in [0.2, 0.25) is 0 Å². The number of hydrogen-bond donors (Lipinski definition) is 0. The summed E-state index contributed by atoms with van der Waals surface area (Å²) in [6, 6.07) is 14.0. The molecule has 0 saturated carbocycles. The third-order valence-electron chi connectivity index (χ3n) is 3.58. The van der Waals surface area contributed by atoms with Crippen LogP contribution in [0, 0.1) is 29.6 Å². The molecular formula is C18H18N4OS. The number of carbonyl (C=O) groups excluding carboxylic acids is 1. The van der Waals surface area contributed by atoms with Crippen molar-refractivity contribution in [3.05, 3.63) is 35.9 Å². The highest BCUT2D eigenvalue weighted by atomic mass is 32.2. The summed E-state index contributed by atoms with van der Waals surface area (Å²) < 4.78 is 0. The van der Waals surface area contributed by atoms with Crippen molar-refractivity contribution in [2.75, 3.05) is 18.8 Å². The predicted molar refractivity (Wildman–Crippen MR) is 94.2 cm³/mol. The number of pyridine rings is 1. The van der Waals surface area contributed by atoms with Gasteiger partial charge in [0.2, 0.25) is 5.91 Å². The zero-order chi connectivity index (χ0) is 17.4. The van der Waals surface area contributed by atoms with Crippen LogP contribution in [0.25, 0.3) is 10.9 Å². The van der Waals surface area contributed by atoms with Gasteiger partial charge in [-0.05, 0) is 24.6 Å². The molecule has 0 spiro atoms. The Balaban J connectivity index is 2.04. The molecule has 122 valence electrons. The fourth-order valence-electron chi connectivity index (χ4n) is 2.35. The maximum atomic E-state index is 12.3. The molecule has 0 saturated heterocycles. The van der Waals surface area contributed by atoms with E-state index in [1.165, 1.54) is 11.8 Å². The zero-order valence-corrected chi connectivity index (χ0v) is 14.3. The van der Waals surface area contributed by atoms with Crippen molar-refractivity contribution in [1.29, 1.82) is 10.5 Å². The molecule has 0 N–H and O–H groups in total. The van der Waals surface area contributed by atoms with Crippen molar-refractivity contribution in [2.24, 2.45) is 0 Å². The Morgan fingerprint density at radius 2 is 1.88 bits per heavy atom. The molecule has 0 aliphatic heterocycles. The van der Waals surface area contributed by atoms with Gasteiger partial charge in [0.15, 0.2) is 0 Å². The second-order valence-corrected chi connectivity index (χ2v) is 6.28. The third-order valence-corrected chi connectivity index (χ3v) is 4.48. The SMILES string of the molecule is Cc1cc(SCC(=O)N(CCC#N)CCC#N)nc2ccccc12. The van der Waals surface area contributed by atoms with Crippen LogP contribution in [0.4, 0.5) is 0 Å². The lowest BCUT2D eigenvalue weighted by molar-refractivity contribution is -0.128. The first kappa shape index (κ1) is 17.8. The number of hydrogen-bond acceptors (Lipinski definition) is 5. The second-order valence-electron chi connectivity index (χ2n) is 5.28. The number of amides is 1. The molecule has 1 heterocycles. The van der Waals surface area contributed by atoms with Crippen molar-refractivity contribution in [3.63, 3.8) is 0 Å². The first-order chi connectivity index (χ1) is 11.7. The standard InChI is InChI=1S/C18H18N4OS/c1-14-12-17(21-16-7-3-2-6-15(14)16)24-13-18(23)22(10-4-8-19)11-5-9-20/h2-3,6-7,12H,4-5,10-11,13H2,1H3. The van der Waals surface area contributed by atoms with Crippen LogP contribution in [0.1, 0.15) is 18.4 Å². The average molecular weight is 338 g/mol. The summed E-state index contributed by atoms with van der Waals surface area (Å²) in [6.45, 7) is 2.76. The summed E-state index contributed by atoms with van der Waals surface area (Å²) in [5.74, 6) is 0.180. The molecule has 0 fully saturated rings. The highest BCUT2D eigenvalue weighted by Crippen LogP contribution is 2.23. The number of para-hydroxylation sites is 1. The molecule has 1 amide bonds. The van der Waals surface area contributed by atoms with Gasteiger partial charge in [-0.3, -0.25) is 4.79 Å². The Morgan fingerprint density at radius 3 is 2.54 bits per heavy atom. The normalized spacial score (nSPS) is 10.1.